The third-order valence-corrected chi connectivity index (χ3v) is 3.57. The molecule has 0 aliphatic rings. The highest BCUT2D eigenvalue weighted by molar-refractivity contribution is 7.99. The second-order valence-electron chi connectivity index (χ2n) is 4.10. The van der Waals surface area contributed by atoms with Crippen LogP contribution >= 0.6 is 11.8 Å². The number of fused-ring (bicyclic) bond motifs is 1. The number of nitrogens with two attached hydrogens (primary N) is 1. The number of para-hydroxylation sites is 2. The maximum absolute atomic E-state index is 11.0. The van der Waals surface area contributed by atoms with E-state index in [0.717, 1.165) is 5.52 Å². The van der Waals surface area contributed by atoms with Crippen LogP contribution in [-0.2, 0) is 0 Å². The Labute approximate surface area is 118 Å². The number of nitrogen functional groups attached to an aromatic ring is 1. The number of rotatable bonds is 3. The minimum atomic E-state index is -1.05. The van der Waals surface area contributed by atoms with Crippen LogP contribution in [0.2, 0.25) is 0 Å². The van der Waals surface area contributed by atoms with Crippen LogP contribution in [0.25, 0.3) is 11.1 Å². The number of oxazole rings is 1. The van der Waals surface area contributed by atoms with Gasteiger partial charge in [-0.15, -0.1) is 0 Å². The lowest BCUT2D eigenvalue weighted by molar-refractivity contribution is 0.0698. The van der Waals surface area contributed by atoms with E-state index in [4.69, 9.17) is 15.3 Å². The first-order chi connectivity index (χ1) is 9.63. The van der Waals surface area contributed by atoms with Crippen LogP contribution in [0.15, 0.2) is 57.0 Å². The van der Waals surface area contributed by atoms with Gasteiger partial charge in [0.05, 0.1) is 5.56 Å². The van der Waals surface area contributed by atoms with Crippen LogP contribution in [0.1, 0.15) is 10.4 Å². The van der Waals surface area contributed by atoms with Crippen LogP contribution < -0.4 is 5.73 Å². The van der Waals surface area contributed by atoms with Crippen molar-refractivity contribution in [2.75, 3.05) is 5.73 Å². The zero-order valence-corrected chi connectivity index (χ0v) is 11.1. The van der Waals surface area contributed by atoms with Gasteiger partial charge >= 0.3 is 5.97 Å². The van der Waals surface area contributed by atoms with E-state index < -0.39 is 5.97 Å². The van der Waals surface area contributed by atoms with Gasteiger partial charge in [-0.2, -0.15) is 0 Å². The molecule has 0 saturated heterocycles. The molecule has 0 aliphatic carbocycles. The normalized spacial score (nSPS) is 10.8. The molecule has 0 spiro atoms. The summed E-state index contributed by atoms with van der Waals surface area (Å²) in [6.07, 6.45) is 0. The smallest absolute Gasteiger partial charge is 0.337 e. The minimum Gasteiger partial charge on any atom is -0.478 e. The van der Waals surface area contributed by atoms with E-state index in [1.807, 2.05) is 24.3 Å². The lowest BCUT2D eigenvalue weighted by Gasteiger charge is -2.02. The van der Waals surface area contributed by atoms with Gasteiger partial charge in [-0.3, -0.25) is 0 Å². The molecule has 0 aliphatic heterocycles. The average Bonchev–Trinajstić information content (AvgIpc) is 2.82. The van der Waals surface area contributed by atoms with Crippen LogP contribution in [0, 0.1) is 0 Å². The van der Waals surface area contributed by atoms with Crippen molar-refractivity contribution in [2.45, 2.75) is 10.1 Å². The van der Waals surface area contributed by atoms with Gasteiger partial charge in [0, 0.05) is 10.6 Å². The molecule has 0 saturated carbocycles. The number of hydrogen-bond acceptors (Lipinski definition) is 5. The average molecular weight is 286 g/mol. The summed E-state index contributed by atoms with van der Waals surface area (Å²) in [5.41, 5.74) is 7.39. The van der Waals surface area contributed by atoms with E-state index in [9.17, 15) is 4.79 Å². The fourth-order valence-corrected chi connectivity index (χ4v) is 2.57. The highest BCUT2D eigenvalue weighted by Gasteiger charge is 2.12. The van der Waals surface area contributed by atoms with Crippen molar-refractivity contribution in [3.8, 4) is 0 Å². The molecular weight excluding hydrogens is 276 g/mol. The van der Waals surface area contributed by atoms with Crippen LogP contribution in [0.3, 0.4) is 0 Å². The number of hydrogen-bond donors (Lipinski definition) is 2. The number of carbonyl (C=O) groups is 1. The minimum absolute atomic E-state index is 0.0751. The Hall–Kier alpha value is -2.47. The summed E-state index contributed by atoms with van der Waals surface area (Å²) in [6, 6.07) is 12.2. The van der Waals surface area contributed by atoms with Gasteiger partial charge in [-0.05, 0) is 42.1 Å². The van der Waals surface area contributed by atoms with Crippen molar-refractivity contribution >= 4 is 34.5 Å². The van der Waals surface area contributed by atoms with Crippen molar-refractivity contribution in [2.24, 2.45) is 0 Å². The van der Waals surface area contributed by atoms with Gasteiger partial charge in [-0.25, -0.2) is 9.78 Å². The van der Waals surface area contributed by atoms with Crippen molar-refractivity contribution in [3.05, 3.63) is 48.0 Å². The lowest BCUT2D eigenvalue weighted by atomic mass is 10.2. The molecule has 0 bridgehead atoms. The molecule has 0 amide bonds. The summed E-state index contributed by atoms with van der Waals surface area (Å²) in [5, 5.41) is 9.51. The maximum Gasteiger partial charge on any atom is 0.337 e. The van der Waals surface area contributed by atoms with Gasteiger partial charge in [0.25, 0.3) is 5.22 Å². The van der Waals surface area contributed by atoms with Crippen molar-refractivity contribution < 1.29 is 14.3 Å². The predicted molar refractivity (Wildman–Crippen MR) is 75.9 cm³/mol. The molecule has 0 atom stereocenters. The summed E-state index contributed by atoms with van der Waals surface area (Å²) < 4.78 is 5.58. The molecule has 0 unspecified atom stereocenters. The Morgan fingerprint density at radius 3 is 2.80 bits per heavy atom. The van der Waals surface area contributed by atoms with E-state index in [-0.39, 0.29) is 11.3 Å². The molecule has 20 heavy (non-hydrogen) atoms. The third kappa shape index (κ3) is 2.33. The molecule has 2 aromatic carbocycles. The number of anilines is 1. The first-order valence-electron chi connectivity index (χ1n) is 5.80. The van der Waals surface area contributed by atoms with Gasteiger partial charge in [0.2, 0.25) is 0 Å². The van der Waals surface area contributed by atoms with Crippen LogP contribution in [0.5, 0.6) is 0 Å². The Morgan fingerprint density at radius 1 is 1.25 bits per heavy atom. The van der Waals surface area contributed by atoms with Crippen molar-refractivity contribution in [1.82, 2.24) is 4.98 Å². The number of carboxylic acids is 1. The van der Waals surface area contributed by atoms with E-state index in [0.29, 0.717) is 15.7 Å². The Kier molecular flexibility index (Phi) is 3.08. The number of aromatic nitrogens is 1. The molecule has 6 heteroatoms. The summed E-state index contributed by atoms with van der Waals surface area (Å²) >= 11 is 1.26. The van der Waals surface area contributed by atoms with E-state index in [1.165, 1.54) is 17.8 Å². The summed E-state index contributed by atoms with van der Waals surface area (Å²) in [5.74, 6) is -1.05. The quantitative estimate of drug-likeness (QED) is 0.718. The Bertz CT molecular complexity index is 765. The fourth-order valence-electron chi connectivity index (χ4n) is 1.78. The molecule has 0 radical (unpaired) electrons. The SMILES string of the molecule is Nc1ccc(Sc2nc3ccccc3o2)cc1C(=O)O. The van der Waals surface area contributed by atoms with Crippen molar-refractivity contribution in [3.63, 3.8) is 0 Å². The highest BCUT2D eigenvalue weighted by atomic mass is 32.2. The molecule has 1 aromatic heterocycles. The summed E-state index contributed by atoms with van der Waals surface area (Å²) in [6.45, 7) is 0. The summed E-state index contributed by atoms with van der Waals surface area (Å²) in [7, 11) is 0. The number of aromatic carboxylic acids is 1. The molecule has 0 fully saturated rings. The first kappa shape index (κ1) is 12.6. The number of benzene rings is 2. The zero-order chi connectivity index (χ0) is 14.1. The first-order valence-corrected chi connectivity index (χ1v) is 6.61. The highest BCUT2D eigenvalue weighted by Crippen LogP contribution is 2.31. The largest absolute Gasteiger partial charge is 0.478 e. The molecular formula is C14H10N2O3S. The van der Waals surface area contributed by atoms with E-state index in [2.05, 4.69) is 4.98 Å². The standard InChI is InChI=1S/C14H10N2O3S/c15-10-6-5-8(7-9(10)13(17)18)20-14-16-11-3-1-2-4-12(11)19-14/h1-7H,15H2,(H,17,18). The molecule has 5 nitrogen and oxygen atoms in total. The van der Waals surface area contributed by atoms with Crippen molar-refractivity contribution in [1.29, 1.82) is 0 Å². The molecule has 1 heterocycles. The fraction of sp³-hybridized carbons (Fsp3) is 0. The van der Waals surface area contributed by atoms with Crippen LogP contribution in [-0.4, -0.2) is 16.1 Å². The zero-order valence-electron chi connectivity index (χ0n) is 10.2. The molecule has 3 aromatic rings. The monoisotopic (exact) mass is 286 g/mol. The molecule has 100 valence electrons. The predicted octanol–water partition coefficient (Wildman–Crippen LogP) is 3.26. The van der Waals surface area contributed by atoms with Crippen LogP contribution in [0.4, 0.5) is 5.69 Å². The van der Waals surface area contributed by atoms with Gasteiger partial charge in [0.15, 0.2) is 5.58 Å². The summed E-state index contributed by atoms with van der Waals surface area (Å²) in [4.78, 5) is 16.1. The topological polar surface area (TPSA) is 89.4 Å². The second kappa shape index (κ2) is 4.90. The maximum atomic E-state index is 11.0. The molecule has 3 rings (SSSR count). The number of nitrogens with zero attached hydrogens (tertiary/aromatic N) is 1. The number of carboxylic acid groups (broad SMARTS) is 1. The van der Waals surface area contributed by atoms with E-state index >= 15 is 0 Å². The lowest BCUT2D eigenvalue weighted by Crippen LogP contribution is -2.01. The van der Waals surface area contributed by atoms with E-state index in [1.54, 1.807) is 12.1 Å². The van der Waals surface area contributed by atoms with Gasteiger partial charge < -0.3 is 15.3 Å². The van der Waals surface area contributed by atoms with Gasteiger partial charge in [0.1, 0.15) is 5.52 Å². The third-order valence-electron chi connectivity index (χ3n) is 2.73. The Balaban J connectivity index is 1.94. The molecule has 3 N–H and O–H groups in total. The second-order valence-corrected chi connectivity index (χ2v) is 5.13. The Morgan fingerprint density at radius 2 is 2.05 bits per heavy atom. The van der Waals surface area contributed by atoms with Gasteiger partial charge in [-0.1, -0.05) is 12.1 Å².